The Morgan fingerprint density at radius 2 is 2.17 bits per heavy atom. The molecule has 1 aromatic rings. The highest BCUT2D eigenvalue weighted by molar-refractivity contribution is 9.10. The maximum absolute atomic E-state index is 12.0. The summed E-state index contributed by atoms with van der Waals surface area (Å²) in [5, 5.41) is 2.88. The molecule has 1 heterocycles. The number of nitrogens with one attached hydrogen (secondary N) is 1. The predicted molar refractivity (Wildman–Crippen MR) is 72.8 cm³/mol. The molecule has 0 aliphatic carbocycles. The van der Waals surface area contributed by atoms with E-state index in [-0.39, 0.29) is 5.91 Å². The maximum Gasteiger partial charge on any atom is 0.255 e. The van der Waals surface area contributed by atoms with Crippen LogP contribution >= 0.6 is 15.9 Å². The molecule has 0 radical (unpaired) electrons. The minimum absolute atomic E-state index is 0.164. The average molecular weight is 314 g/mol. The van der Waals surface area contributed by atoms with Crippen LogP contribution in [0.2, 0.25) is 0 Å². The fraction of sp³-hybridized carbons (Fsp3) is 0.462. The summed E-state index contributed by atoms with van der Waals surface area (Å²) in [6.45, 7) is 5.31. The van der Waals surface area contributed by atoms with Gasteiger partial charge in [0.1, 0.15) is 0 Å². The van der Waals surface area contributed by atoms with E-state index < -0.39 is 6.10 Å². The molecule has 2 rings (SSSR count). The zero-order valence-electron chi connectivity index (χ0n) is 10.5. The molecule has 1 fully saturated rings. The lowest BCUT2D eigenvalue weighted by Crippen LogP contribution is -2.39. The van der Waals surface area contributed by atoms with E-state index >= 15 is 0 Å². The Morgan fingerprint density at radius 1 is 1.39 bits per heavy atom. The second-order valence-corrected chi connectivity index (χ2v) is 5.22. The Labute approximate surface area is 115 Å². The number of halogens is 1. The largest absolute Gasteiger partial charge is 0.376 e. The van der Waals surface area contributed by atoms with Gasteiger partial charge in [0.15, 0.2) is 6.10 Å². The van der Waals surface area contributed by atoms with E-state index in [2.05, 4.69) is 21.2 Å². The number of ether oxygens (including phenoxy) is 2. The molecular weight excluding hydrogens is 298 g/mol. The minimum Gasteiger partial charge on any atom is -0.376 e. The lowest BCUT2D eigenvalue weighted by Gasteiger charge is -2.23. The van der Waals surface area contributed by atoms with Crippen molar-refractivity contribution in [1.82, 2.24) is 0 Å². The van der Waals surface area contributed by atoms with E-state index in [4.69, 9.17) is 9.47 Å². The van der Waals surface area contributed by atoms with Gasteiger partial charge in [-0.25, -0.2) is 0 Å². The highest BCUT2D eigenvalue weighted by Crippen LogP contribution is 2.28. The molecule has 0 spiro atoms. The Kier molecular flexibility index (Phi) is 4.37. The Hall–Kier alpha value is -0.910. The highest BCUT2D eigenvalue weighted by Gasteiger charge is 2.23. The van der Waals surface area contributed by atoms with Crippen LogP contribution in [-0.4, -0.2) is 31.8 Å². The molecule has 5 heteroatoms. The number of carbonyl (C=O) groups excluding carboxylic acids is 1. The van der Waals surface area contributed by atoms with Crippen molar-refractivity contribution in [3.8, 4) is 0 Å². The molecule has 1 aromatic carbocycles. The van der Waals surface area contributed by atoms with Crippen LogP contribution in [0.4, 0.5) is 5.69 Å². The summed E-state index contributed by atoms with van der Waals surface area (Å²) in [6.07, 6.45) is -0.522. The first-order valence-electron chi connectivity index (χ1n) is 5.85. The van der Waals surface area contributed by atoms with Crippen molar-refractivity contribution in [3.63, 3.8) is 0 Å². The summed E-state index contributed by atoms with van der Waals surface area (Å²) in [4.78, 5) is 12.0. The summed E-state index contributed by atoms with van der Waals surface area (Å²) >= 11 is 3.46. The van der Waals surface area contributed by atoms with Crippen molar-refractivity contribution in [2.24, 2.45) is 0 Å². The molecule has 1 atom stereocenters. The molecule has 0 bridgehead atoms. The SMILES string of the molecule is Cc1cc(C)c(NC(=O)C2COCCO2)c(Br)c1. The van der Waals surface area contributed by atoms with Gasteiger partial charge in [-0.1, -0.05) is 6.07 Å². The molecule has 98 valence electrons. The van der Waals surface area contributed by atoms with Gasteiger partial charge in [0.25, 0.3) is 5.91 Å². The van der Waals surface area contributed by atoms with Gasteiger partial charge >= 0.3 is 0 Å². The third-order valence-corrected chi connectivity index (χ3v) is 3.41. The first-order chi connectivity index (χ1) is 8.58. The Balaban J connectivity index is 2.11. The fourth-order valence-electron chi connectivity index (χ4n) is 1.92. The summed E-state index contributed by atoms with van der Waals surface area (Å²) < 4.78 is 11.5. The van der Waals surface area contributed by atoms with Gasteiger partial charge in [0.05, 0.1) is 25.5 Å². The lowest BCUT2D eigenvalue weighted by atomic mass is 10.1. The third kappa shape index (κ3) is 3.10. The van der Waals surface area contributed by atoms with E-state index in [1.165, 1.54) is 0 Å². The second-order valence-electron chi connectivity index (χ2n) is 4.36. The van der Waals surface area contributed by atoms with Crippen molar-refractivity contribution in [2.45, 2.75) is 20.0 Å². The van der Waals surface area contributed by atoms with Crippen LogP contribution < -0.4 is 5.32 Å². The summed E-state index contributed by atoms with van der Waals surface area (Å²) in [5.74, 6) is -0.164. The number of carbonyl (C=O) groups is 1. The minimum atomic E-state index is -0.522. The second kappa shape index (κ2) is 5.82. The van der Waals surface area contributed by atoms with Crippen LogP contribution in [-0.2, 0) is 14.3 Å². The van der Waals surface area contributed by atoms with E-state index in [0.717, 1.165) is 21.3 Å². The third-order valence-electron chi connectivity index (χ3n) is 2.79. The Morgan fingerprint density at radius 3 is 2.78 bits per heavy atom. The predicted octanol–water partition coefficient (Wildman–Crippen LogP) is 2.42. The van der Waals surface area contributed by atoms with Crippen molar-refractivity contribution in [3.05, 3.63) is 27.7 Å². The Bertz CT molecular complexity index is 433. The standard InChI is InChI=1S/C13H16BrNO3/c1-8-5-9(2)12(10(14)6-8)15-13(16)11-7-17-3-4-18-11/h5-6,11H,3-4,7H2,1-2H3,(H,15,16). The number of hydrogen-bond acceptors (Lipinski definition) is 3. The molecule has 1 aliphatic heterocycles. The number of anilines is 1. The fourth-order valence-corrected chi connectivity index (χ4v) is 2.69. The van der Waals surface area contributed by atoms with E-state index in [9.17, 15) is 4.79 Å². The molecule has 1 N–H and O–H groups in total. The maximum atomic E-state index is 12.0. The van der Waals surface area contributed by atoms with Gasteiger partial charge in [-0.15, -0.1) is 0 Å². The number of aryl methyl sites for hydroxylation is 2. The van der Waals surface area contributed by atoms with Gasteiger partial charge in [-0.2, -0.15) is 0 Å². The lowest BCUT2D eigenvalue weighted by molar-refractivity contribution is -0.142. The average Bonchev–Trinajstić information content (AvgIpc) is 2.34. The molecule has 1 amide bonds. The summed E-state index contributed by atoms with van der Waals surface area (Å²) in [6, 6.07) is 4.00. The first kappa shape index (κ1) is 13.5. The molecule has 18 heavy (non-hydrogen) atoms. The monoisotopic (exact) mass is 313 g/mol. The van der Waals surface area contributed by atoms with Crippen molar-refractivity contribution >= 4 is 27.5 Å². The van der Waals surface area contributed by atoms with Crippen LogP contribution in [0.1, 0.15) is 11.1 Å². The molecule has 0 aromatic heterocycles. The van der Waals surface area contributed by atoms with E-state index in [1.54, 1.807) is 0 Å². The molecule has 1 unspecified atom stereocenters. The van der Waals surface area contributed by atoms with Crippen LogP contribution in [0, 0.1) is 13.8 Å². The van der Waals surface area contributed by atoms with Crippen molar-refractivity contribution in [1.29, 1.82) is 0 Å². The van der Waals surface area contributed by atoms with Crippen LogP contribution in [0.25, 0.3) is 0 Å². The van der Waals surface area contributed by atoms with Gasteiger partial charge in [0.2, 0.25) is 0 Å². The zero-order valence-corrected chi connectivity index (χ0v) is 12.0. The van der Waals surface area contributed by atoms with Crippen LogP contribution in [0.5, 0.6) is 0 Å². The van der Waals surface area contributed by atoms with E-state index in [1.807, 2.05) is 26.0 Å². The van der Waals surface area contributed by atoms with Gasteiger partial charge in [-0.05, 0) is 47.0 Å². The molecule has 0 saturated carbocycles. The number of amides is 1. The van der Waals surface area contributed by atoms with Crippen molar-refractivity contribution in [2.75, 3.05) is 25.1 Å². The molecular formula is C13H16BrNO3. The summed E-state index contributed by atoms with van der Waals surface area (Å²) in [7, 11) is 0. The number of hydrogen-bond donors (Lipinski definition) is 1. The smallest absolute Gasteiger partial charge is 0.255 e. The number of rotatable bonds is 2. The molecule has 1 aliphatic rings. The topological polar surface area (TPSA) is 47.6 Å². The quantitative estimate of drug-likeness (QED) is 0.912. The number of benzene rings is 1. The van der Waals surface area contributed by atoms with Gasteiger partial charge in [0, 0.05) is 4.47 Å². The first-order valence-corrected chi connectivity index (χ1v) is 6.64. The summed E-state index contributed by atoms with van der Waals surface area (Å²) in [5.41, 5.74) is 2.96. The molecule has 4 nitrogen and oxygen atoms in total. The van der Waals surface area contributed by atoms with Gasteiger partial charge in [-0.3, -0.25) is 4.79 Å². The van der Waals surface area contributed by atoms with Gasteiger partial charge < -0.3 is 14.8 Å². The van der Waals surface area contributed by atoms with Crippen molar-refractivity contribution < 1.29 is 14.3 Å². The van der Waals surface area contributed by atoms with Crippen LogP contribution in [0.15, 0.2) is 16.6 Å². The normalized spacial score (nSPS) is 19.6. The zero-order chi connectivity index (χ0) is 13.1. The van der Waals surface area contributed by atoms with E-state index in [0.29, 0.717) is 19.8 Å². The molecule has 1 saturated heterocycles. The van der Waals surface area contributed by atoms with Crippen LogP contribution in [0.3, 0.4) is 0 Å². The highest BCUT2D eigenvalue weighted by atomic mass is 79.9.